The van der Waals surface area contributed by atoms with Crippen molar-refractivity contribution in [3.05, 3.63) is 59.7 Å². The summed E-state index contributed by atoms with van der Waals surface area (Å²) >= 11 is 0. The molecule has 0 spiro atoms. The number of benzene rings is 2. The van der Waals surface area contributed by atoms with Crippen molar-refractivity contribution in [3.8, 4) is 11.1 Å². The van der Waals surface area contributed by atoms with Crippen molar-refractivity contribution in [1.29, 1.82) is 0 Å². The van der Waals surface area contributed by atoms with E-state index in [-0.39, 0.29) is 5.92 Å². The molecule has 1 aliphatic rings. The van der Waals surface area contributed by atoms with Gasteiger partial charge in [-0.05, 0) is 28.7 Å². The van der Waals surface area contributed by atoms with Crippen LogP contribution in [-0.2, 0) is 9.57 Å². The zero-order valence-corrected chi connectivity index (χ0v) is 11.8. The molecule has 0 atom stereocenters. The van der Waals surface area contributed by atoms with Crippen LogP contribution in [0.5, 0.6) is 0 Å². The smallest absolute Gasteiger partial charge is 0.431 e. The molecular weight excluding hydrogens is 266 g/mol. The second-order valence-electron chi connectivity index (χ2n) is 4.96. The summed E-state index contributed by atoms with van der Waals surface area (Å²) < 4.78 is 5.10. The van der Waals surface area contributed by atoms with E-state index >= 15 is 0 Å². The van der Waals surface area contributed by atoms with Gasteiger partial charge in [-0.2, -0.15) is 5.48 Å². The summed E-state index contributed by atoms with van der Waals surface area (Å²) in [6, 6.07) is 16.8. The SMILES string of the molecule is CONC(=O)OCCC1c2ccccc2-c2ccccc21. The van der Waals surface area contributed by atoms with E-state index in [1.165, 1.54) is 29.4 Å². The molecule has 0 bridgehead atoms. The predicted molar refractivity (Wildman–Crippen MR) is 79.8 cm³/mol. The van der Waals surface area contributed by atoms with Gasteiger partial charge in [0.1, 0.15) is 0 Å². The third kappa shape index (κ3) is 2.62. The highest BCUT2D eigenvalue weighted by Crippen LogP contribution is 2.45. The standard InChI is InChI=1S/C17H17NO3/c1-20-18-17(19)21-11-10-16-14-8-4-2-6-12(14)13-7-3-5-9-15(13)16/h2-9,16H,10-11H2,1H3,(H,18,19). The minimum Gasteiger partial charge on any atom is -0.448 e. The fourth-order valence-corrected chi connectivity index (χ4v) is 2.95. The van der Waals surface area contributed by atoms with E-state index in [1.54, 1.807) is 0 Å². The fraction of sp³-hybridized carbons (Fsp3) is 0.235. The molecule has 0 heterocycles. The Kier molecular flexibility index (Phi) is 3.88. The van der Waals surface area contributed by atoms with Gasteiger partial charge in [0, 0.05) is 5.92 Å². The molecule has 1 amide bonds. The molecule has 0 aromatic heterocycles. The third-order valence-corrected chi connectivity index (χ3v) is 3.79. The minimum absolute atomic E-state index is 0.271. The molecular formula is C17H17NO3. The summed E-state index contributed by atoms with van der Waals surface area (Å²) in [6.45, 7) is 0.350. The Morgan fingerprint density at radius 1 is 1.05 bits per heavy atom. The number of hydrogen-bond donors (Lipinski definition) is 1. The number of amides is 1. The van der Waals surface area contributed by atoms with Crippen LogP contribution in [0.3, 0.4) is 0 Å². The molecule has 4 nitrogen and oxygen atoms in total. The third-order valence-electron chi connectivity index (χ3n) is 3.79. The normalized spacial score (nSPS) is 12.6. The number of ether oxygens (including phenoxy) is 1. The van der Waals surface area contributed by atoms with Gasteiger partial charge in [0.25, 0.3) is 0 Å². The first-order chi connectivity index (χ1) is 10.3. The molecule has 21 heavy (non-hydrogen) atoms. The zero-order chi connectivity index (χ0) is 14.7. The Morgan fingerprint density at radius 3 is 2.19 bits per heavy atom. The molecule has 4 heteroatoms. The highest BCUT2D eigenvalue weighted by atomic mass is 16.7. The molecule has 2 aromatic carbocycles. The van der Waals surface area contributed by atoms with Crippen LogP contribution < -0.4 is 5.48 Å². The predicted octanol–water partition coefficient (Wildman–Crippen LogP) is 3.48. The maximum absolute atomic E-state index is 11.2. The first-order valence-corrected chi connectivity index (χ1v) is 6.95. The molecule has 1 aliphatic carbocycles. The Morgan fingerprint density at radius 2 is 1.62 bits per heavy atom. The fourth-order valence-electron chi connectivity index (χ4n) is 2.95. The van der Waals surface area contributed by atoms with Crippen LogP contribution in [0.25, 0.3) is 11.1 Å². The monoisotopic (exact) mass is 283 g/mol. The Labute approximate surface area is 123 Å². The maximum atomic E-state index is 11.2. The van der Waals surface area contributed by atoms with E-state index in [0.717, 1.165) is 6.42 Å². The first kappa shape index (κ1) is 13.6. The van der Waals surface area contributed by atoms with E-state index in [0.29, 0.717) is 6.61 Å². The number of carbonyl (C=O) groups excluding carboxylic acids is 1. The van der Waals surface area contributed by atoms with Crippen LogP contribution in [-0.4, -0.2) is 19.8 Å². The van der Waals surface area contributed by atoms with Crippen molar-refractivity contribution < 1.29 is 14.4 Å². The van der Waals surface area contributed by atoms with Gasteiger partial charge in [0.2, 0.25) is 0 Å². The number of fused-ring (bicyclic) bond motifs is 3. The van der Waals surface area contributed by atoms with E-state index in [2.05, 4.69) is 58.8 Å². The van der Waals surface area contributed by atoms with Crippen molar-refractivity contribution in [2.24, 2.45) is 0 Å². The molecule has 2 aromatic rings. The quantitative estimate of drug-likeness (QED) is 0.874. The van der Waals surface area contributed by atoms with Gasteiger partial charge in [0.05, 0.1) is 13.7 Å². The lowest BCUT2D eigenvalue weighted by Gasteiger charge is -2.13. The zero-order valence-electron chi connectivity index (χ0n) is 11.8. The highest BCUT2D eigenvalue weighted by molar-refractivity contribution is 5.78. The van der Waals surface area contributed by atoms with Gasteiger partial charge in [0.15, 0.2) is 0 Å². The molecule has 108 valence electrons. The van der Waals surface area contributed by atoms with E-state index in [9.17, 15) is 4.79 Å². The minimum atomic E-state index is -0.558. The van der Waals surface area contributed by atoms with Gasteiger partial charge in [-0.1, -0.05) is 48.5 Å². The average Bonchev–Trinajstić information content (AvgIpc) is 2.83. The first-order valence-electron chi connectivity index (χ1n) is 6.95. The maximum Gasteiger partial charge on any atom is 0.431 e. The molecule has 0 saturated carbocycles. The van der Waals surface area contributed by atoms with Crippen LogP contribution in [0.1, 0.15) is 23.5 Å². The number of rotatable bonds is 4. The number of hydroxylamine groups is 1. The van der Waals surface area contributed by atoms with Gasteiger partial charge >= 0.3 is 6.09 Å². The lowest BCUT2D eigenvalue weighted by Crippen LogP contribution is -2.23. The molecule has 3 rings (SSSR count). The van der Waals surface area contributed by atoms with Crippen LogP contribution in [0.2, 0.25) is 0 Å². The van der Waals surface area contributed by atoms with Crippen LogP contribution in [0.4, 0.5) is 4.79 Å². The van der Waals surface area contributed by atoms with E-state index in [1.807, 2.05) is 0 Å². The lowest BCUT2D eigenvalue weighted by atomic mass is 9.94. The van der Waals surface area contributed by atoms with Crippen molar-refractivity contribution in [2.45, 2.75) is 12.3 Å². The van der Waals surface area contributed by atoms with Crippen molar-refractivity contribution in [3.63, 3.8) is 0 Å². The van der Waals surface area contributed by atoms with Crippen molar-refractivity contribution in [2.75, 3.05) is 13.7 Å². The Hall–Kier alpha value is -2.33. The van der Waals surface area contributed by atoms with E-state index < -0.39 is 6.09 Å². The number of carbonyl (C=O) groups is 1. The lowest BCUT2D eigenvalue weighted by molar-refractivity contribution is 0.0577. The molecule has 0 saturated heterocycles. The van der Waals surface area contributed by atoms with E-state index in [4.69, 9.17) is 4.74 Å². The highest BCUT2D eigenvalue weighted by Gasteiger charge is 2.27. The Bertz CT molecular complexity index is 608. The van der Waals surface area contributed by atoms with Gasteiger partial charge < -0.3 is 4.74 Å². The van der Waals surface area contributed by atoms with Crippen LogP contribution >= 0.6 is 0 Å². The Balaban J connectivity index is 1.78. The summed E-state index contributed by atoms with van der Waals surface area (Å²) in [6.07, 6.45) is 0.197. The molecule has 0 fully saturated rings. The second-order valence-corrected chi connectivity index (χ2v) is 4.96. The number of hydrogen-bond acceptors (Lipinski definition) is 3. The number of nitrogens with one attached hydrogen (secondary N) is 1. The van der Waals surface area contributed by atoms with Crippen LogP contribution in [0, 0.1) is 0 Å². The molecule has 1 N–H and O–H groups in total. The van der Waals surface area contributed by atoms with Gasteiger partial charge in [-0.15, -0.1) is 0 Å². The van der Waals surface area contributed by atoms with Crippen LogP contribution in [0.15, 0.2) is 48.5 Å². The van der Waals surface area contributed by atoms with Crippen molar-refractivity contribution >= 4 is 6.09 Å². The van der Waals surface area contributed by atoms with Gasteiger partial charge in [-0.3, -0.25) is 4.84 Å². The summed E-state index contributed by atoms with van der Waals surface area (Å²) in [5.41, 5.74) is 7.30. The largest absolute Gasteiger partial charge is 0.448 e. The second kappa shape index (κ2) is 5.97. The van der Waals surface area contributed by atoms with Gasteiger partial charge in [-0.25, -0.2) is 4.79 Å². The summed E-state index contributed by atoms with van der Waals surface area (Å²) in [4.78, 5) is 15.8. The molecule has 0 radical (unpaired) electrons. The summed E-state index contributed by atoms with van der Waals surface area (Å²) in [5.74, 6) is 0.271. The summed E-state index contributed by atoms with van der Waals surface area (Å²) in [7, 11) is 1.38. The average molecular weight is 283 g/mol. The summed E-state index contributed by atoms with van der Waals surface area (Å²) in [5, 5.41) is 0. The van der Waals surface area contributed by atoms with Crippen molar-refractivity contribution in [1.82, 2.24) is 5.48 Å². The molecule has 0 aliphatic heterocycles. The topological polar surface area (TPSA) is 47.6 Å². The molecule has 0 unspecified atom stereocenters.